The van der Waals surface area contributed by atoms with Crippen LogP contribution in [0.5, 0.6) is 0 Å². The monoisotopic (exact) mass is 403 g/mol. The number of nitrogens with zero attached hydrogens (tertiary/aromatic N) is 4. The maximum atomic E-state index is 12.9. The molecule has 1 aliphatic heterocycles. The molecule has 2 aliphatic rings. The van der Waals surface area contributed by atoms with Gasteiger partial charge in [0.25, 0.3) is 5.91 Å². The van der Waals surface area contributed by atoms with Gasteiger partial charge in [-0.25, -0.2) is 4.98 Å². The van der Waals surface area contributed by atoms with Crippen LogP contribution in [0, 0.1) is 5.92 Å². The molecule has 1 aliphatic carbocycles. The molecule has 6 nitrogen and oxygen atoms in total. The van der Waals surface area contributed by atoms with Crippen LogP contribution in [0.3, 0.4) is 0 Å². The molecular formula is C24H29N5O. The molecule has 156 valence electrons. The molecule has 1 fully saturated rings. The van der Waals surface area contributed by atoms with E-state index in [0.717, 1.165) is 61.4 Å². The van der Waals surface area contributed by atoms with Crippen LogP contribution in [0.4, 0.5) is 0 Å². The third-order valence-corrected chi connectivity index (χ3v) is 6.77. The molecule has 3 heterocycles. The number of hydrogen-bond acceptors (Lipinski definition) is 4. The normalized spacial score (nSPS) is 22.0. The van der Waals surface area contributed by atoms with Gasteiger partial charge in [0.1, 0.15) is 0 Å². The molecule has 0 spiro atoms. The lowest BCUT2D eigenvalue weighted by Crippen LogP contribution is -2.38. The van der Waals surface area contributed by atoms with Gasteiger partial charge in [-0.2, -0.15) is 0 Å². The third kappa shape index (κ3) is 4.10. The summed E-state index contributed by atoms with van der Waals surface area (Å²) < 4.78 is 2.26. The van der Waals surface area contributed by atoms with Gasteiger partial charge in [0.15, 0.2) is 0 Å². The van der Waals surface area contributed by atoms with Crippen LogP contribution in [0.2, 0.25) is 0 Å². The quantitative estimate of drug-likeness (QED) is 0.707. The highest BCUT2D eigenvalue weighted by molar-refractivity contribution is 6.06. The molecule has 0 saturated heterocycles. The second kappa shape index (κ2) is 8.56. The zero-order valence-electron chi connectivity index (χ0n) is 17.3. The summed E-state index contributed by atoms with van der Waals surface area (Å²) in [5.41, 5.74) is 2.93. The Kier molecular flexibility index (Phi) is 5.49. The van der Waals surface area contributed by atoms with Crippen molar-refractivity contribution in [1.82, 2.24) is 24.8 Å². The highest BCUT2D eigenvalue weighted by Crippen LogP contribution is 2.28. The van der Waals surface area contributed by atoms with Crippen molar-refractivity contribution in [1.29, 1.82) is 0 Å². The van der Waals surface area contributed by atoms with Crippen LogP contribution in [-0.2, 0) is 13.1 Å². The SMILES string of the molecule is O=C(NC1CCC(CCN2CCn3cncc3C2)CC1)c1cccc2ncccc12. The zero-order chi connectivity index (χ0) is 20.3. The lowest BCUT2D eigenvalue weighted by molar-refractivity contribution is 0.0921. The number of rotatable bonds is 5. The molecule has 1 amide bonds. The summed E-state index contributed by atoms with van der Waals surface area (Å²) in [4.78, 5) is 24.0. The van der Waals surface area contributed by atoms with Crippen molar-refractivity contribution < 1.29 is 4.79 Å². The number of benzene rings is 1. The number of amides is 1. The van der Waals surface area contributed by atoms with E-state index in [9.17, 15) is 4.79 Å². The van der Waals surface area contributed by atoms with Crippen molar-refractivity contribution >= 4 is 16.8 Å². The number of fused-ring (bicyclic) bond motifs is 2. The van der Waals surface area contributed by atoms with Crippen LogP contribution < -0.4 is 5.32 Å². The van der Waals surface area contributed by atoms with Crippen molar-refractivity contribution in [2.24, 2.45) is 5.92 Å². The Balaban J connectivity index is 1.10. The highest BCUT2D eigenvalue weighted by Gasteiger charge is 2.24. The smallest absolute Gasteiger partial charge is 0.252 e. The molecule has 0 unspecified atom stereocenters. The lowest BCUT2D eigenvalue weighted by Gasteiger charge is -2.32. The van der Waals surface area contributed by atoms with E-state index in [1.54, 1.807) is 6.20 Å². The van der Waals surface area contributed by atoms with Crippen LogP contribution in [-0.4, -0.2) is 44.5 Å². The molecule has 6 heteroatoms. The number of hydrogen-bond donors (Lipinski definition) is 1. The van der Waals surface area contributed by atoms with Crippen molar-refractivity contribution in [2.45, 2.75) is 51.2 Å². The van der Waals surface area contributed by atoms with Gasteiger partial charge in [-0.3, -0.25) is 14.7 Å². The van der Waals surface area contributed by atoms with Gasteiger partial charge in [-0.05, 0) is 62.8 Å². The van der Waals surface area contributed by atoms with E-state index in [2.05, 4.69) is 24.8 Å². The molecule has 30 heavy (non-hydrogen) atoms. The number of imidazole rings is 1. The minimum Gasteiger partial charge on any atom is -0.349 e. The van der Waals surface area contributed by atoms with E-state index in [1.165, 1.54) is 25.0 Å². The van der Waals surface area contributed by atoms with E-state index in [4.69, 9.17) is 0 Å². The Labute approximate surface area is 177 Å². The second-order valence-electron chi connectivity index (χ2n) is 8.71. The topological polar surface area (TPSA) is 63.1 Å². The van der Waals surface area contributed by atoms with E-state index >= 15 is 0 Å². The average Bonchev–Trinajstić information content (AvgIpc) is 3.26. The molecule has 1 N–H and O–H groups in total. The lowest BCUT2D eigenvalue weighted by atomic mass is 9.84. The van der Waals surface area contributed by atoms with Crippen molar-refractivity contribution in [3.63, 3.8) is 0 Å². The van der Waals surface area contributed by atoms with E-state index in [0.29, 0.717) is 0 Å². The fourth-order valence-electron chi connectivity index (χ4n) is 4.95. The summed E-state index contributed by atoms with van der Waals surface area (Å²) in [5, 5.41) is 4.20. The Hall–Kier alpha value is -2.73. The molecule has 2 aromatic heterocycles. The molecule has 5 rings (SSSR count). The van der Waals surface area contributed by atoms with Crippen LogP contribution in [0.25, 0.3) is 10.9 Å². The Morgan fingerprint density at radius 1 is 1.10 bits per heavy atom. The summed E-state index contributed by atoms with van der Waals surface area (Å²) >= 11 is 0. The first-order valence-corrected chi connectivity index (χ1v) is 11.1. The molecule has 3 aromatic rings. The van der Waals surface area contributed by atoms with Crippen LogP contribution in [0.15, 0.2) is 49.1 Å². The summed E-state index contributed by atoms with van der Waals surface area (Å²) in [6.07, 6.45) is 11.5. The predicted octanol–water partition coefficient (Wildman–Crippen LogP) is 3.63. The van der Waals surface area contributed by atoms with Crippen molar-refractivity contribution in [2.75, 3.05) is 13.1 Å². The van der Waals surface area contributed by atoms with Gasteiger partial charge in [0.05, 0.1) is 17.5 Å². The Bertz CT molecular complexity index is 1020. The van der Waals surface area contributed by atoms with E-state index < -0.39 is 0 Å². The minimum absolute atomic E-state index is 0.0296. The van der Waals surface area contributed by atoms with Gasteiger partial charge in [-0.15, -0.1) is 0 Å². The predicted molar refractivity (Wildman–Crippen MR) is 117 cm³/mol. The first-order chi connectivity index (χ1) is 14.8. The molecule has 1 aromatic carbocycles. The maximum Gasteiger partial charge on any atom is 0.252 e. The molecular weight excluding hydrogens is 374 g/mol. The highest BCUT2D eigenvalue weighted by atomic mass is 16.1. The number of nitrogens with one attached hydrogen (secondary N) is 1. The van der Waals surface area contributed by atoms with Crippen molar-refractivity contribution in [3.05, 3.63) is 60.3 Å². The summed E-state index contributed by atoms with van der Waals surface area (Å²) in [6, 6.07) is 9.91. The van der Waals surface area contributed by atoms with E-state index in [1.807, 2.05) is 42.9 Å². The maximum absolute atomic E-state index is 12.9. The number of carbonyl (C=O) groups is 1. The number of aromatic nitrogens is 3. The zero-order valence-corrected chi connectivity index (χ0v) is 17.3. The summed E-state index contributed by atoms with van der Waals surface area (Å²) in [6.45, 7) is 4.35. The van der Waals surface area contributed by atoms with Crippen LogP contribution >= 0.6 is 0 Å². The molecule has 1 saturated carbocycles. The van der Waals surface area contributed by atoms with Crippen molar-refractivity contribution in [3.8, 4) is 0 Å². The second-order valence-corrected chi connectivity index (χ2v) is 8.71. The van der Waals surface area contributed by atoms with Gasteiger partial charge >= 0.3 is 0 Å². The Morgan fingerprint density at radius 2 is 2.00 bits per heavy atom. The minimum atomic E-state index is 0.0296. The fraction of sp³-hybridized carbons (Fsp3) is 0.458. The Morgan fingerprint density at radius 3 is 2.90 bits per heavy atom. The third-order valence-electron chi connectivity index (χ3n) is 6.77. The molecule has 0 radical (unpaired) electrons. The number of pyridine rings is 1. The fourth-order valence-corrected chi connectivity index (χ4v) is 4.95. The average molecular weight is 404 g/mol. The van der Waals surface area contributed by atoms with E-state index in [-0.39, 0.29) is 11.9 Å². The largest absolute Gasteiger partial charge is 0.349 e. The van der Waals surface area contributed by atoms with Gasteiger partial charge in [0.2, 0.25) is 0 Å². The summed E-state index contributed by atoms with van der Waals surface area (Å²) in [7, 11) is 0. The first-order valence-electron chi connectivity index (χ1n) is 11.1. The summed E-state index contributed by atoms with van der Waals surface area (Å²) in [5.74, 6) is 0.800. The van der Waals surface area contributed by atoms with Gasteiger partial charge < -0.3 is 9.88 Å². The first kappa shape index (κ1) is 19.2. The standard InChI is InChI=1S/C24H29N5O/c30-24(22-3-1-5-23-21(22)4-2-11-26-23)27-19-8-6-18(7-9-19)10-12-28-13-14-29-17-25-15-20(29)16-28/h1-5,11,15,17-19H,6-10,12-14,16H2,(H,27,30). The number of carbonyl (C=O) groups excluding carboxylic acids is 1. The van der Waals surface area contributed by atoms with Crippen LogP contribution in [0.1, 0.15) is 48.2 Å². The molecule has 0 atom stereocenters. The van der Waals surface area contributed by atoms with Gasteiger partial charge in [0, 0.05) is 49.0 Å². The molecule has 0 bridgehead atoms. The van der Waals surface area contributed by atoms with Gasteiger partial charge in [-0.1, -0.05) is 12.1 Å².